The lowest BCUT2D eigenvalue weighted by atomic mass is 9.94. The van der Waals surface area contributed by atoms with Gasteiger partial charge < -0.3 is 10.6 Å². The number of guanidine groups is 1. The average molecular weight is 345 g/mol. The largest absolute Gasteiger partial charge is 0.357 e. The molecule has 2 atom stereocenters. The van der Waals surface area contributed by atoms with Crippen molar-refractivity contribution in [3.05, 3.63) is 51.5 Å². The number of hydrogen-bond donors (Lipinski definition) is 2. The Morgan fingerprint density at radius 1 is 1.21 bits per heavy atom. The molecule has 2 rings (SSSR count). The standard InChI is InChI=1S/C19H28N4S/c1-6-20-19(21-12-18-22-15(4)16(5)24-18)23-14(3)13(2)17-10-8-7-9-11-17/h7-11,13-14H,6,12H2,1-5H3,(H2,20,21,23). The highest BCUT2D eigenvalue weighted by atomic mass is 32.1. The highest BCUT2D eigenvalue weighted by Crippen LogP contribution is 2.19. The van der Waals surface area contributed by atoms with E-state index in [-0.39, 0.29) is 6.04 Å². The summed E-state index contributed by atoms with van der Waals surface area (Å²) in [6.45, 7) is 12.1. The molecule has 4 nitrogen and oxygen atoms in total. The molecule has 130 valence electrons. The van der Waals surface area contributed by atoms with Crippen molar-refractivity contribution < 1.29 is 0 Å². The van der Waals surface area contributed by atoms with E-state index >= 15 is 0 Å². The Morgan fingerprint density at radius 3 is 2.50 bits per heavy atom. The second-order valence-electron chi connectivity index (χ2n) is 6.08. The van der Waals surface area contributed by atoms with E-state index in [2.05, 4.69) is 73.6 Å². The Kier molecular flexibility index (Phi) is 6.79. The van der Waals surface area contributed by atoms with Gasteiger partial charge in [-0.25, -0.2) is 9.98 Å². The van der Waals surface area contributed by atoms with E-state index in [1.807, 2.05) is 6.92 Å². The summed E-state index contributed by atoms with van der Waals surface area (Å²) in [7, 11) is 0. The molecular weight excluding hydrogens is 316 g/mol. The molecule has 0 amide bonds. The molecule has 0 aliphatic carbocycles. The maximum absolute atomic E-state index is 4.70. The van der Waals surface area contributed by atoms with Crippen LogP contribution in [0.15, 0.2) is 35.3 Å². The predicted molar refractivity (Wildman–Crippen MR) is 104 cm³/mol. The van der Waals surface area contributed by atoms with Crippen LogP contribution in [-0.2, 0) is 6.54 Å². The summed E-state index contributed by atoms with van der Waals surface area (Å²) in [5, 5.41) is 7.91. The summed E-state index contributed by atoms with van der Waals surface area (Å²) in [6.07, 6.45) is 0. The van der Waals surface area contributed by atoms with E-state index in [4.69, 9.17) is 4.99 Å². The number of aryl methyl sites for hydroxylation is 2. The Balaban J connectivity index is 2.02. The monoisotopic (exact) mass is 344 g/mol. The Bertz CT molecular complexity index is 644. The van der Waals surface area contributed by atoms with Gasteiger partial charge in [0.2, 0.25) is 0 Å². The molecule has 0 saturated carbocycles. The fourth-order valence-electron chi connectivity index (χ4n) is 2.46. The molecular formula is C19H28N4S. The first-order valence-electron chi connectivity index (χ1n) is 8.54. The van der Waals surface area contributed by atoms with Gasteiger partial charge in [-0.3, -0.25) is 0 Å². The molecule has 2 unspecified atom stereocenters. The molecule has 0 aliphatic heterocycles. The lowest BCUT2D eigenvalue weighted by molar-refractivity contribution is 0.550. The topological polar surface area (TPSA) is 49.3 Å². The Morgan fingerprint density at radius 2 is 1.92 bits per heavy atom. The number of hydrogen-bond acceptors (Lipinski definition) is 3. The van der Waals surface area contributed by atoms with Gasteiger partial charge in [-0.1, -0.05) is 37.3 Å². The van der Waals surface area contributed by atoms with Gasteiger partial charge in [-0.05, 0) is 33.3 Å². The molecule has 0 fully saturated rings. The highest BCUT2D eigenvalue weighted by Gasteiger charge is 2.15. The quantitative estimate of drug-likeness (QED) is 0.615. The van der Waals surface area contributed by atoms with Crippen molar-refractivity contribution >= 4 is 17.3 Å². The van der Waals surface area contributed by atoms with Crippen molar-refractivity contribution in [1.82, 2.24) is 15.6 Å². The molecule has 1 aromatic heterocycles. The number of nitrogens with zero attached hydrogens (tertiary/aromatic N) is 2. The van der Waals surface area contributed by atoms with Crippen molar-refractivity contribution in [2.45, 2.75) is 53.1 Å². The van der Waals surface area contributed by atoms with Crippen LogP contribution in [0.2, 0.25) is 0 Å². The third-order valence-electron chi connectivity index (χ3n) is 4.23. The Hall–Kier alpha value is -1.88. The van der Waals surface area contributed by atoms with Gasteiger partial charge in [-0.15, -0.1) is 11.3 Å². The summed E-state index contributed by atoms with van der Waals surface area (Å²) >= 11 is 1.72. The average Bonchev–Trinajstić information content (AvgIpc) is 2.91. The number of thiazole rings is 1. The minimum Gasteiger partial charge on any atom is -0.357 e. The van der Waals surface area contributed by atoms with Gasteiger partial charge in [0.05, 0.1) is 12.2 Å². The fourth-order valence-corrected chi connectivity index (χ4v) is 3.32. The van der Waals surface area contributed by atoms with Gasteiger partial charge in [-0.2, -0.15) is 0 Å². The van der Waals surface area contributed by atoms with Crippen molar-refractivity contribution in [2.24, 2.45) is 4.99 Å². The summed E-state index contributed by atoms with van der Waals surface area (Å²) in [5.41, 5.74) is 2.44. The van der Waals surface area contributed by atoms with E-state index in [9.17, 15) is 0 Å². The van der Waals surface area contributed by atoms with Crippen molar-refractivity contribution in [1.29, 1.82) is 0 Å². The first-order chi connectivity index (χ1) is 11.5. The molecule has 1 heterocycles. The molecule has 0 saturated heterocycles. The SMILES string of the molecule is CCNC(=NCc1nc(C)c(C)s1)NC(C)C(C)c1ccccc1. The molecule has 2 N–H and O–H groups in total. The Labute approximate surface area is 149 Å². The lowest BCUT2D eigenvalue weighted by Gasteiger charge is -2.24. The van der Waals surface area contributed by atoms with Gasteiger partial charge >= 0.3 is 0 Å². The number of aliphatic imine (C=N–C) groups is 1. The van der Waals surface area contributed by atoms with Crippen LogP contribution in [0.1, 0.15) is 47.8 Å². The van der Waals surface area contributed by atoms with Crippen LogP contribution in [0.3, 0.4) is 0 Å². The lowest BCUT2D eigenvalue weighted by Crippen LogP contribution is -2.44. The van der Waals surface area contributed by atoms with Crippen molar-refractivity contribution in [2.75, 3.05) is 6.54 Å². The van der Waals surface area contributed by atoms with E-state index < -0.39 is 0 Å². The number of benzene rings is 1. The van der Waals surface area contributed by atoms with Gasteiger partial charge in [0.15, 0.2) is 5.96 Å². The molecule has 0 bridgehead atoms. The zero-order valence-electron chi connectivity index (χ0n) is 15.3. The summed E-state index contributed by atoms with van der Waals surface area (Å²) in [5.74, 6) is 1.25. The molecule has 5 heteroatoms. The van der Waals surface area contributed by atoms with Crippen molar-refractivity contribution in [3.63, 3.8) is 0 Å². The molecule has 0 spiro atoms. The van der Waals surface area contributed by atoms with Gasteiger partial charge in [0.1, 0.15) is 5.01 Å². The van der Waals surface area contributed by atoms with Crippen LogP contribution >= 0.6 is 11.3 Å². The van der Waals surface area contributed by atoms with Crippen LogP contribution < -0.4 is 10.6 Å². The van der Waals surface area contributed by atoms with E-state index in [0.29, 0.717) is 12.5 Å². The second-order valence-corrected chi connectivity index (χ2v) is 7.36. The molecule has 2 aromatic rings. The summed E-state index contributed by atoms with van der Waals surface area (Å²) in [4.78, 5) is 10.5. The van der Waals surface area contributed by atoms with E-state index in [1.54, 1.807) is 11.3 Å². The van der Waals surface area contributed by atoms with E-state index in [1.165, 1.54) is 10.4 Å². The maximum Gasteiger partial charge on any atom is 0.191 e. The van der Waals surface area contributed by atoms with Crippen LogP contribution in [0.25, 0.3) is 0 Å². The first-order valence-corrected chi connectivity index (χ1v) is 9.35. The van der Waals surface area contributed by atoms with Gasteiger partial charge in [0, 0.05) is 23.4 Å². The third kappa shape index (κ3) is 5.06. The number of nitrogens with one attached hydrogen (secondary N) is 2. The normalized spacial score (nSPS) is 14.3. The minimum absolute atomic E-state index is 0.282. The highest BCUT2D eigenvalue weighted by molar-refractivity contribution is 7.11. The zero-order valence-corrected chi connectivity index (χ0v) is 16.1. The summed E-state index contributed by atoms with van der Waals surface area (Å²) in [6, 6.07) is 10.9. The smallest absolute Gasteiger partial charge is 0.191 e. The third-order valence-corrected chi connectivity index (χ3v) is 5.29. The predicted octanol–water partition coefficient (Wildman–Crippen LogP) is 4.01. The molecule has 0 radical (unpaired) electrons. The van der Waals surface area contributed by atoms with Crippen LogP contribution in [0.5, 0.6) is 0 Å². The molecule has 24 heavy (non-hydrogen) atoms. The minimum atomic E-state index is 0.282. The first kappa shape index (κ1) is 18.5. The van der Waals surface area contributed by atoms with Crippen molar-refractivity contribution in [3.8, 4) is 0 Å². The molecule has 1 aromatic carbocycles. The van der Waals surface area contributed by atoms with Crippen LogP contribution in [-0.4, -0.2) is 23.5 Å². The zero-order chi connectivity index (χ0) is 17.5. The van der Waals surface area contributed by atoms with Crippen LogP contribution in [0.4, 0.5) is 0 Å². The number of aromatic nitrogens is 1. The number of rotatable bonds is 6. The molecule has 0 aliphatic rings. The van der Waals surface area contributed by atoms with Crippen LogP contribution in [0, 0.1) is 13.8 Å². The fraction of sp³-hybridized carbons (Fsp3) is 0.474. The maximum atomic E-state index is 4.70. The van der Waals surface area contributed by atoms with E-state index in [0.717, 1.165) is 23.2 Å². The summed E-state index contributed by atoms with van der Waals surface area (Å²) < 4.78 is 0. The van der Waals surface area contributed by atoms with Gasteiger partial charge in [0.25, 0.3) is 0 Å². The second kappa shape index (κ2) is 8.83.